The Morgan fingerprint density at radius 1 is 1.35 bits per heavy atom. The largest absolute Gasteiger partial charge is 0.481 e. The molecule has 0 spiro atoms. The highest BCUT2D eigenvalue weighted by Gasteiger charge is 2.62. The summed E-state index contributed by atoms with van der Waals surface area (Å²) < 4.78 is 26.7. The van der Waals surface area contributed by atoms with Crippen molar-refractivity contribution < 1.29 is 28.3 Å². The van der Waals surface area contributed by atoms with E-state index in [1.165, 1.54) is 6.07 Å². The fourth-order valence-electron chi connectivity index (χ4n) is 3.20. The van der Waals surface area contributed by atoms with Crippen LogP contribution in [0, 0.1) is 23.5 Å². The van der Waals surface area contributed by atoms with E-state index in [2.05, 4.69) is 10.6 Å². The van der Waals surface area contributed by atoms with Gasteiger partial charge in [-0.3, -0.25) is 14.9 Å². The zero-order chi connectivity index (χ0) is 16.8. The van der Waals surface area contributed by atoms with Crippen molar-refractivity contribution in [2.24, 2.45) is 11.8 Å². The molecule has 6 nitrogen and oxygen atoms in total. The molecule has 3 N–H and O–H groups in total. The number of halogens is 2. The van der Waals surface area contributed by atoms with Crippen LogP contribution in [-0.4, -0.2) is 28.6 Å². The summed E-state index contributed by atoms with van der Waals surface area (Å²) in [5, 5.41) is 13.7. The first kappa shape index (κ1) is 15.4. The maximum atomic E-state index is 13.7. The fourth-order valence-corrected chi connectivity index (χ4v) is 3.20. The molecule has 3 unspecified atom stereocenters. The highest BCUT2D eigenvalue weighted by Crippen LogP contribution is 2.49. The maximum Gasteiger partial charge on any atom is 0.322 e. The molecule has 2 aliphatic rings. The molecule has 1 aromatic carbocycles. The zero-order valence-electron chi connectivity index (χ0n) is 11.9. The summed E-state index contributed by atoms with van der Waals surface area (Å²) in [5.41, 5.74) is -1.16. The van der Waals surface area contributed by atoms with Gasteiger partial charge in [0.2, 0.25) is 0 Å². The molecule has 3 atom stereocenters. The number of carbonyl (C=O) groups excluding carboxylic acids is 2. The lowest BCUT2D eigenvalue weighted by atomic mass is 9.85. The van der Waals surface area contributed by atoms with Gasteiger partial charge in [0.15, 0.2) is 0 Å². The van der Waals surface area contributed by atoms with Gasteiger partial charge in [0.25, 0.3) is 5.91 Å². The van der Waals surface area contributed by atoms with Crippen molar-refractivity contribution in [3.63, 3.8) is 0 Å². The molecule has 122 valence electrons. The lowest BCUT2D eigenvalue weighted by Crippen LogP contribution is -2.50. The number of imide groups is 1. The summed E-state index contributed by atoms with van der Waals surface area (Å²) in [6, 6.07) is 2.43. The lowest BCUT2D eigenvalue weighted by Gasteiger charge is -2.26. The number of hydrogen-bond acceptors (Lipinski definition) is 3. The number of hydrogen-bond donors (Lipinski definition) is 3. The fraction of sp³-hybridized carbons (Fsp3) is 0.400. The van der Waals surface area contributed by atoms with E-state index in [4.69, 9.17) is 5.11 Å². The average Bonchev–Trinajstić information content (AvgIpc) is 3.20. The molecular formula is C15H14F2N2O4. The highest BCUT2D eigenvalue weighted by atomic mass is 19.1. The maximum absolute atomic E-state index is 13.7. The van der Waals surface area contributed by atoms with Crippen LogP contribution in [-0.2, 0) is 16.0 Å². The monoisotopic (exact) mass is 324 g/mol. The van der Waals surface area contributed by atoms with Crippen LogP contribution in [0.1, 0.15) is 18.4 Å². The minimum absolute atomic E-state index is 0.0432. The number of carbonyl (C=O) groups is 3. The first-order valence-corrected chi connectivity index (χ1v) is 7.14. The molecule has 1 aromatic rings. The molecule has 2 fully saturated rings. The number of aliphatic carboxylic acids is 1. The third-order valence-corrected chi connectivity index (χ3v) is 4.51. The van der Waals surface area contributed by atoms with Crippen LogP contribution in [0.2, 0.25) is 0 Å². The first-order chi connectivity index (χ1) is 10.8. The van der Waals surface area contributed by atoms with E-state index in [9.17, 15) is 23.2 Å². The number of carboxylic acid groups (broad SMARTS) is 1. The van der Waals surface area contributed by atoms with Crippen molar-refractivity contribution in [2.45, 2.75) is 24.8 Å². The summed E-state index contributed by atoms with van der Waals surface area (Å²) in [4.78, 5) is 34.7. The van der Waals surface area contributed by atoms with Crippen LogP contribution in [0.3, 0.4) is 0 Å². The topological polar surface area (TPSA) is 95.5 Å². The van der Waals surface area contributed by atoms with E-state index in [0.717, 1.165) is 12.1 Å². The van der Waals surface area contributed by atoms with Crippen molar-refractivity contribution in [2.75, 3.05) is 0 Å². The predicted octanol–water partition coefficient (Wildman–Crippen LogP) is 1.20. The van der Waals surface area contributed by atoms with Gasteiger partial charge in [0, 0.05) is 12.0 Å². The standard InChI is InChI=1S/C15H14F2N2O4/c16-8-2-1-7(11(17)5-8)3-4-15(10-6-9(10)12(20)21)13(22)18-14(23)19-15/h1-2,5,9-10H,3-4,6H2,(H,20,21)(H2,18,19,22,23). The second kappa shape index (κ2) is 5.29. The van der Waals surface area contributed by atoms with Crippen molar-refractivity contribution in [1.82, 2.24) is 10.6 Å². The highest BCUT2D eigenvalue weighted by molar-refractivity contribution is 6.07. The summed E-state index contributed by atoms with van der Waals surface area (Å²) in [5.74, 6) is -4.32. The van der Waals surface area contributed by atoms with Crippen LogP contribution in [0.4, 0.5) is 13.6 Å². The van der Waals surface area contributed by atoms with E-state index in [1.807, 2.05) is 0 Å². The molecule has 0 radical (unpaired) electrons. The second-order valence-corrected chi connectivity index (χ2v) is 5.90. The minimum Gasteiger partial charge on any atom is -0.481 e. The van der Waals surface area contributed by atoms with Crippen molar-refractivity contribution in [1.29, 1.82) is 0 Å². The van der Waals surface area contributed by atoms with E-state index in [1.54, 1.807) is 0 Å². The van der Waals surface area contributed by atoms with Crippen LogP contribution in [0.25, 0.3) is 0 Å². The summed E-state index contributed by atoms with van der Waals surface area (Å²) in [6.07, 6.45) is 0.388. The van der Waals surface area contributed by atoms with Gasteiger partial charge >= 0.3 is 12.0 Å². The number of carboxylic acids is 1. The summed E-state index contributed by atoms with van der Waals surface area (Å²) in [7, 11) is 0. The zero-order valence-corrected chi connectivity index (χ0v) is 11.9. The molecule has 1 saturated heterocycles. The van der Waals surface area contributed by atoms with E-state index in [-0.39, 0.29) is 24.8 Å². The van der Waals surface area contributed by atoms with E-state index >= 15 is 0 Å². The van der Waals surface area contributed by atoms with Gasteiger partial charge in [-0.1, -0.05) is 6.07 Å². The van der Waals surface area contributed by atoms with Gasteiger partial charge < -0.3 is 10.4 Å². The molecule has 0 aromatic heterocycles. The normalized spacial score (nSPS) is 29.1. The molecule has 8 heteroatoms. The number of benzene rings is 1. The number of nitrogens with one attached hydrogen (secondary N) is 2. The molecule has 1 saturated carbocycles. The van der Waals surface area contributed by atoms with Gasteiger partial charge in [0.1, 0.15) is 17.2 Å². The molecule has 3 amide bonds. The Morgan fingerprint density at radius 3 is 2.61 bits per heavy atom. The van der Waals surface area contributed by atoms with Gasteiger partial charge in [-0.25, -0.2) is 13.6 Å². The Balaban J connectivity index is 1.82. The van der Waals surface area contributed by atoms with Crippen LogP contribution >= 0.6 is 0 Å². The molecular weight excluding hydrogens is 310 g/mol. The number of amides is 3. The van der Waals surface area contributed by atoms with Crippen LogP contribution in [0.5, 0.6) is 0 Å². The van der Waals surface area contributed by atoms with Gasteiger partial charge in [-0.05, 0) is 30.9 Å². The summed E-state index contributed by atoms with van der Waals surface area (Å²) in [6.45, 7) is 0. The molecule has 1 aliphatic carbocycles. The Labute approximate surface area is 129 Å². The molecule has 0 bridgehead atoms. The predicted molar refractivity (Wildman–Crippen MR) is 73.3 cm³/mol. The van der Waals surface area contributed by atoms with Crippen molar-refractivity contribution in [3.8, 4) is 0 Å². The first-order valence-electron chi connectivity index (χ1n) is 7.14. The Hall–Kier alpha value is -2.51. The van der Waals surface area contributed by atoms with Gasteiger partial charge in [-0.15, -0.1) is 0 Å². The third-order valence-electron chi connectivity index (χ3n) is 4.51. The van der Waals surface area contributed by atoms with Crippen LogP contribution in [0.15, 0.2) is 18.2 Å². The van der Waals surface area contributed by atoms with Gasteiger partial charge in [0.05, 0.1) is 5.92 Å². The van der Waals surface area contributed by atoms with Crippen LogP contribution < -0.4 is 10.6 Å². The molecule has 1 aliphatic heterocycles. The van der Waals surface area contributed by atoms with Gasteiger partial charge in [-0.2, -0.15) is 0 Å². The summed E-state index contributed by atoms with van der Waals surface area (Å²) >= 11 is 0. The van der Waals surface area contributed by atoms with Crippen molar-refractivity contribution in [3.05, 3.63) is 35.4 Å². The lowest BCUT2D eigenvalue weighted by molar-refractivity contribution is -0.139. The Kier molecular flexibility index (Phi) is 3.54. The Bertz CT molecular complexity index is 709. The van der Waals surface area contributed by atoms with Crippen molar-refractivity contribution >= 4 is 17.9 Å². The number of urea groups is 1. The number of aryl methyl sites for hydroxylation is 1. The third kappa shape index (κ3) is 2.64. The number of rotatable bonds is 5. The molecule has 23 heavy (non-hydrogen) atoms. The Morgan fingerprint density at radius 2 is 2.09 bits per heavy atom. The van der Waals surface area contributed by atoms with E-state index in [0.29, 0.717) is 0 Å². The SMILES string of the molecule is O=C1NC(=O)C(CCc2ccc(F)cc2F)(C2CC2C(=O)O)N1. The molecule has 3 rings (SSSR count). The average molecular weight is 324 g/mol. The van der Waals surface area contributed by atoms with E-state index < -0.39 is 46.9 Å². The smallest absolute Gasteiger partial charge is 0.322 e. The molecule has 1 heterocycles. The minimum atomic E-state index is -1.36. The second-order valence-electron chi connectivity index (χ2n) is 5.90. The quantitative estimate of drug-likeness (QED) is 0.709.